The Kier molecular flexibility index (Phi) is 7.39. The van der Waals surface area contributed by atoms with Crippen LogP contribution < -0.4 is 10.2 Å². The van der Waals surface area contributed by atoms with Crippen LogP contribution in [-0.4, -0.2) is 24.6 Å². The van der Waals surface area contributed by atoms with Gasteiger partial charge in [-0.3, -0.25) is 0 Å². The van der Waals surface area contributed by atoms with Crippen molar-refractivity contribution >= 4 is 16.5 Å². The Bertz CT molecular complexity index is 347. The van der Waals surface area contributed by atoms with Crippen molar-refractivity contribution in [3.05, 3.63) is 11.1 Å². The van der Waals surface area contributed by atoms with E-state index in [-0.39, 0.29) is 0 Å². The summed E-state index contributed by atoms with van der Waals surface area (Å²) in [5.74, 6) is 0.776. The van der Waals surface area contributed by atoms with Gasteiger partial charge in [0.2, 0.25) is 0 Å². The van der Waals surface area contributed by atoms with Crippen LogP contribution in [0.5, 0.6) is 0 Å². The number of rotatable bonds is 9. The zero-order valence-electron chi connectivity index (χ0n) is 13.1. The zero-order chi connectivity index (χ0) is 14.3. The summed E-state index contributed by atoms with van der Waals surface area (Å²) in [7, 11) is 0. The third-order valence-electron chi connectivity index (χ3n) is 3.73. The van der Waals surface area contributed by atoms with Crippen molar-refractivity contribution in [2.75, 3.05) is 24.5 Å². The van der Waals surface area contributed by atoms with E-state index in [1.54, 1.807) is 0 Å². The molecule has 0 aliphatic carbocycles. The highest BCUT2D eigenvalue weighted by Crippen LogP contribution is 2.28. The van der Waals surface area contributed by atoms with Crippen LogP contribution in [0.25, 0.3) is 0 Å². The van der Waals surface area contributed by atoms with E-state index in [1.807, 2.05) is 17.5 Å². The fourth-order valence-electron chi connectivity index (χ4n) is 2.23. The molecule has 0 amide bonds. The third-order valence-corrected chi connectivity index (χ3v) is 4.97. The van der Waals surface area contributed by atoms with Crippen LogP contribution in [0, 0.1) is 5.92 Å². The van der Waals surface area contributed by atoms with Gasteiger partial charge < -0.3 is 10.2 Å². The van der Waals surface area contributed by atoms with E-state index in [1.165, 1.54) is 22.9 Å². The molecule has 4 heteroatoms. The Labute approximate surface area is 122 Å². The summed E-state index contributed by atoms with van der Waals surface area (Å²) in [4.78, 5) is 8.37. The van der Waals surface area contributed by atoms with Gasteiger partial charge in [-0.2, -0.15) is 0 Å². The largest absolute Gasteiger partial charge is 0.348 e. The summed E-state index contributed by atoms with van der Waals surface area (Å²) in [6.07, 6.45) is 4.53. The number of nitrogens with zero attached hydrogens (tertiary/aromatic N) is 2. The first-order valence-electron chi connectivity index (χ1n) is 7.60. The van der Waals surface area contributed by atoms with E-state index < -0.39 is 0 Å². The van der Waals surface area contributed by atoms with Gasteiger partial charge in [0.1, 0.15) is 0 Å². The second-order valence-electron chi connectivity index (χ2n) is 5.05. The molecule has 0 saturated carbocycles. The van der Waals surface area contributed by atoms with E-state index in [2.05, 4.69) is 49.8 Å². The van der Waals surface area contributed by atoms with Gasteiger partial charge >= 0.3 is 0 Å². The smallest absolute Gasteiger partial charge is 0.185 e. The molecule has 0 aromatic carbocycles. The molecule has 0 radical (unpaired) electrons. The van der Waals surface area contributed by atoms with Gasteiger partial charge in [-0.1, -0.05) is 33.6 Å². The summed E-state index contributed by atoms with van der Waals surface area (Å²) in [6, 6.07) is 0.406. The Morgan fingerprint density at radius 2 is 1.95 bits per heavy atom. The van der Waals surface area contributed by atoms with Gasteiger partial charge in [0.05, 0.1) is 0 Å². The predicted octanol–water partition coefficient (Wildman–Crippen LogP) is 4.08. The normalized spacial score (nSPS) is 12.9. The monoisotopic (exact) mass is 283 g/mol. The molecule has 110 valence electrons. The molecule has 0 aliphatic rings. The lowest BCUT2D eigenvalue weighted by molar-refractivity contribution is 0.486. The molecule has 0 saturated heterocycles. The number of aromatic nitrogens is 1. The molecule has 1 heterocycles. The first kappa shape index (κ1) is 16.4. The summed E-state index contributed by atoms with van der Waals surface area (Å²) in [5, 5.41) is 4.62. The number of hydrogen-bond donors (Lipinski definition) is 1. The summed E-state index contributed by atoms with van der Waals surface area (Å²) >= 11 is 1.83. The van der Waals surface area contributed by atoms with E-state index in [0.717, 1.165) is 25.6 Å². The number of anilines is 1. The van der Waals surface area contributed by atoms with Crippen LogP contribution in [-0.2, 0) is 0 Å². The van der Waals surface area contributed by atoms with Crippen LogP contribution in [0.15, 0.2) is 6.20 Å². The van der Waals surface area contributed by atoms with Crippen molar-refractivity contribution in [3.63, 3.8) is 0 Å². The maximum atomic E-state index is 4.62. The maximum Gasteiger partial charge on any atom is 0.185 e. The fourth-order valence-corrected chi connectivity index (χ4v) is 3.25. The number of thiazole rings is 1. The molecule has 1 rings (SSSR count). The van der Waals surface area contributed by atoms with Gasteiger partial charge in [-0.05, 0) is 26.3 Å². The molecule has 0 fully saturated rings. The summed E-state index contributed by atoms with van der Waals surface area (Å²) in [6.45, 7) is 14.3. The Morgan fingerprint density at radius 1 is 1.26 bits per heavy atom. The molecule has 0 bridgehead atoms. The lowest BCUT2D eigenvalue weighted by Gasteiger charge is -2.24. The van der Waals surface area contributed by atoms with E-state index in [4.69, 9.17) is 0 Å². The highest BCUT2D eigenvalue weighted by atomic mass is 32.1. The van der Waals surface area contributed by atoms with Crippen LogP contribution >= 0.6 is 11.3 Å². The number of hydrogen-bond acceptors (Lipinski definition) is 4. The second kappa shape index (κ2) is 8.54. The maximum absolute atomic E-state index is 4.62. The predicted molar refractivity (Wildman–Crippen MR) is 86.2 cm³/mol. The molecule has 1 atom stereocenters. The van der Waals surface area contributed by atoms with E-state index in [0.29, 0.717) is 6.04 Å². The third kappa shape index (κ3) is 4.77. The highest BCUT2D eigenvalue weighted by Gasteiger charge is 2.15. The molecule has 1 aromatic heterocycles. The molecule has 0 aliphatic heterocycles. The Hall–Kier alpha value is -0.610. The van der Waals surface area contributed by atoms with Gasteiger partial charge in [0, 0.05) is 30.2 Å². The van der Waals surface area contributed by atoms with Crippen LogP contribution in [0.1, 0.15) is 58.4 Å². The summed E-state index contributed by atoms with van der Waals surface area (Å²) < 4.78 is 0. The minimum atomic E-state index is 0.406. The molecule has 1 unspecified atom stereocenters. The summed E-state index contributed by atoms with van der Waals surface area (Å²) in [5.41, 5.74) is 0. The zero-order valence-corrected chi connectivity index (χ0v) is 13.9. The molecular weight excluding hydrogens is 254 g/mol. The first-order chi connectivity index (χ1) is 9.15. The van der Waals surface area contributed by atoms with Crippen molar-refractivity contribution in [3.8, 4) is 0 Å². The lowest BCUT2D eigenvalue weighted by atomic mass is 10.0. The minimum absolute atomic E-state index is 0.406. The van der Waals surface area contributed by atoms with Gasteiger partial charge in [-0.15, -0.1) is 11.3 Å². The minimum Gasteiger partial charge on any atom is -0.348 e. The quantitative estimate of drug-likeness (QED) is 0.740. The van der Waals surface area contributed by atoms with Gasteiger partial charge in [0.25, 0.3) is 0 Å². The average molecular weight is 283 g/mol. The SMILES string of the molecule is CCNC(C)c1cnc(N(CC)CC(CC)CC)s1. The Morgan fingerprint density at radius 3 is 2.47 bits per heavy atom. The number of nitrogens with one attached hydrogen (secondary N) is 1. The van der Waals surface area contributed by atoms with Crippen LogP contribution in [0.2, 0.25) is 0 Å². The topological polar surface area (TPSA) is 28.2 Å². The van der Waals surface area contributed by atoms with Crippen molar-refractivity contribution < 1.29 is 0 Å². The molecule has 3 nitrogen and oxygen atoms in total. The standard InChI is InChI=1S/C15H29N3S/c1-6-13(7-2)11-18(9-4)15-17-10-14(19-15)12(5)16-8-3/h10,12-13,16H,6-9,11H2,1-5H3. The molecular formula is C15H29N3S. The van der Waals surface area contributed by atoms with E-state index >= 15 is 0 Å². The lowest BCUT2D eigenvalue weighted by Crippen LogP contribution is -2.28. The fraction of sp³-hybridized carbons (Fsp3) is 0.800. The van der Waals surface area contributed by atoms with Crippen LogP contribution in [0.3, 0.4) is 0 Å². The molecule has 1 aromatic rings. The molecule has 0 spiro atoms. The average Bonchev–Trinajstić information content (AvgIpc) is 2.90. The first-order valence-corrected chi connectivity index (χ1v) is 8.41. The van der Waals surface area contributed by atoms with Gasteiger partial charge in [0.15, 0.2) is 5.13 Å². The molecule has 1 N–H and O–H groups in total. The second-order valence-corrected chi connectivity index (χ2v) is 6.09. The molecule has 19 heavy (non-hydrogen) atoms. The van der Waals surface area contributed by atoms with Crippen molar-refractivity contribution in [2.24, 2.45) is 5.92 Å². The van der Waals surface area contributed by atoms with Crippen LogP contribution in [0.4, 0.5) is 5.13 Å². The van der Waals surface area contributed by atoms with Gasteiger partial charge in [-0.25, -0.2) is 4.98 Å². The highest BCUT2D eigenvalue weighted by molar-refractivity contribution is 7.15. The van der Waals surface area contributed by atoms with Crippen molar-refractivity contribution in [1.82, 2.24) is 10.3 Å². The van der Waals surface area contributed by atoms with E-state index in [9.17, 15) is 0 Å². The van der Waals surface area contributed by atoms with Crippen molar-refractivity contribution in [2.45, 2.75) is 53.5 Å². The van der Waals surface area contributed by atoms with Crippen molar-refractivity contribution in [1.29, 1.82) is 0 Å². The Balaban J connectivity index is 2.71.